The topological polar surface area (TPSA) is 114 Å². The number of aryl methyl sites for hydroxylation is 2. The van der Waals surface area contributed by atoms with E-state index < -0.39 is 5.76 Å². The standard InChI is InChI=1S/C28H25N5O4/c1-16-11-19(13-23-25(16)32(2)28(36)37-23)26(34)22-14-24(30-15-29-22)33-9-7-17(8-10-33)20-12-18-5-3-4-6-21(18)31-27(20)35/h3-6,11-15,17H,7-10H2,1-2H3,(H,31,35). The molecule has 0 amide bonds. The fraction of sp³-hybridized carbons (Fsp3) is 0.250. The number of carbonyl (C=O) groups excluding carboxylic acids is 1. The molecule has 1 aliphatic heterocycles. The van der Waals surface area contributed by atoms with Crippen LogP contribution in [0.1, 0.15) is 45.9 Å². The predicted octanol–water partition coefficient (Wildman–Crippen LogP) is 3.69. The van der Waals surface area contributed by atoms with Crippen LogP contribution < -0.4 is 16.2 Å². The van der Waals surface area contributed by atoms with Gasteiger partial charge in [0, 0.05) is 42.8 Å². The number of hydrogen-bond acceptors (Lipinski definition) is 7. The molecule has 1 fully saturated rings. The number of oxazole rings is 1. The summed E-state index contributed by atoms with van der Waals surface area (Å²) in [5, 5.41) is 1.03. The van der Waals surface area contributed by atoms with E-state index >= 15 is 0 Å². The lowest BCUT2D eigenvalue weighted by Crippen LogP contribution is -2.35. The van der Waals surface area contributed by atoms with Crippen molar-refractivity contribution in [2.45, 2.75) is 25.7 Å². The Kier molecular flexibility index (Phi) is 5.48. The average Bonchev–Trinajstić information content (AvgIpc) is 3.21. The first-order chi connectivity index (χ1) is 17.9. The molecule has 37 heavy (non-hydrogen) atoms. The summed E-state index contributed by atoms with van der Waals surface area (Å²) in [6, 6.07) is 14.8. The Labute approximate surface area is 211 Å². The first-order valence-electron chi connectivity index (χ1n) is 12.2. The van der Waals surface area contributed by atoms with Crippen LogP contribution in [0.15, 0.2) is 68.9 Å². The quantitative estimate of drug-likeness (QED) is 0.378. The van der Waals surface area contributed by atoms with E-state index in [0.29, 0.717) is 35.6 Å². The van der Waals surface area contributed by atoms with Crippen molar-refractivity contribution in [2.24, 2.45) is 7.05 Å². The molecular weight excluding hydrogens is 470 g/mol. The second-order valence-corrected chi connectivity index (χ2v) is 9.56. The zero-order valence-electron chi connectivity index (χ0n) is 20.5. The second-order valence-electron chi connectivity index (χ2n) is 9.56. The van der Waals surface area contributed by atoms with Gasteiger partial charge in [-0.25, -0.2) is 14.8 Å². The third kappa shape index (κ3) is 4.02. The van der Waals surface area contributed by atoms with Gasteiger partial charge >= 0.3 is 5.76 Å². The van der Waals surface area contributed by atoms with Gasteiger partial charge in [0.05, 0.1) is 5.52 Å². The van der Waals surface area contributed by atoms with Crippen molar-refractivity contribution in [3.05, 3.63) is 98.1 Å². The number of benzene rings is 2. The Balaban J connectivity index is 1.22. The number of aromatic nitrogens is 4. The van der Waals surface area contributed by atoms with Crippen molar-refractivity contribution in [1.82, 2.24) is 19.5 Å². The number of para-hydroxylation sites is 1. The molecule has 0 aliphatic carbocycles. The molecule has 0 bridgehead atoms. The molecule has 4 heterocycles. The maximum Gasteiger partial charge on any atom is 0.419 e. The average molecular weight is 496 g/mol. The van der Waals surface area contributed by atoms with E-state index in [9.17, 15) is 14.4 Å². The lowest BCUT2D eigenvalue weighted by molar-refractivity contribution is 0.103. The van der Waals surface area contributed by atoms with Crippen LogP contribution in [0.4, 0.5) is 5.82 Å². The zero-order chi connectivity index (χ0) is 25.7. The molecule has 1 saturated heterocycles. The van der Waals surface area contributed by atoms with Crippen molar-refractivity contribution in [3.63, 3.8) is 0 Å². The highest BCUT2D eigenvalue weighted by molar-refractivity contribution is 6.09. The van der Waals surface area contributed by atoms with Crippen molar-refractivity contribution in [1.29, 1.82) is 0 Å². The molecule has 0 radical (unpaired) electrons. The van der Waals surface area contributed by atoms with Crippen LogP contribution in [0, 0.1) is 6.92 Å². The van der Waals surface area contributed by atoms with Crippen LogP contribution in [0.2, 0.25) is 0 Å². The highest BCUT2D eigenvalue weighted by atomic mass is 16.4. The monoisotopic (exact) mass is 495 g/mol. The number of nitrogens with one attached hydrogen (secondary N) is 1. The number of ketones is 1. The second kappa shape index (κ2) is 8.85. The molecule has 0 saturated carbocycles. The number of pyridine rings is 1. The number of hydrogen-bond donors (Lipinski definition) is 1. The van der Waals surface area contributed by atoms with Gasteiger partial charge in [0.2, 0.25) is 5.78 Å². The predicted molar refractivity (Wildman–Crippen MR) is 140 cm³/mol. The number of carbonyl (C=O) groups is 1. The van der Waals surface area contributed by atoms with E-state index in [1.54, 1.807) is 25.2 Å². The summed E-state index contributed by atoms with van der Waals surface area (Å²) in [4.78, 5) is 51.7. The van der Waals surface area contributed by atoms with Crippen molar-refractivity contribution in [3.8, 4) is 0 Å². The smallest absolute Gasteiger partial charge is 0.408 e. The largest absolute Gasteiger partial charge is 0.419 e. The van der Waals surface area contributed by atoms with Gasteiger partial charge in [0.1, 0.15) is 17.8 Å². The van der Waals surface area contributed by atoms with Crippen molar-refractivity contribution in [2.75, 3.05) is 18.0 Å². The van der Waals surface area contributed by atoms with Gasteiger partial charge in [-0.15, -0.1) is 0 Å². The lowest BCUT2D eigenvalue weighted by atomic mass is 9.89. The van der Waals surface area contributed by atoms with Gasteiger partial charge in [-0.05, 0) is 60.9 Å². The molecule has 2 aromatic carbocycles. The summed E-state index contributed by atoms with van der Waals surface area (Å²) in [6.07, 6.45) is 3.01. The zero-order valence-corrected chi connectivity index (χ0v) is 20.5. The van der Waals surface area contributed by atoms with E-state index in [2.05, 4.69) is 19.9 Å². The molecule has 9 heteroatoms. The van der Waals surface area contributed by atoms with E-state index in [1.165, 1.54) is 10.9 Å². The number of H-pyrrole nitrogens is 1. The first-order valence-corrected chi connectivity index (χ1v) is 12.2. The summed E-state index contributed by atoms with van der Waals surface area (Å²) in [7, 11) is 1.64. The summed E-state index contributed by atoms with van der Waals surface area (Å²) < 4.78 is 6.72. The molecule has 5 aromatic rings. The molecule has 6 rings (SSSR count). The minimum atomic E-state index is -0.471. The van der Waals surface area contributed by atoms with E-state index in [4.69, 9.17) is 4.42 Å². The fourth-order valence-corrected chi connectivity index (χ4v) is 5.32. The molecule has 1 aliphatic rings. The molecule has 186 valence electrons. The van der Waals surface area contributed by atoms with E-state index in [0.717, 1.165) is 34.9 Å². The number of anilines is 1. The van der Waals surface area contributed by atoms with Gasteiger partial charge in [-0.1, -0.05) is 18.2 Å². The first kappa shape index (κ1) is 22.9. The third-order valence-electron chi connectivity index (χ3n) is 7.26. The third-order valence-corrected chi connectivity index (χ3v) is 7.26. The summed E-state index contributed by atoms with van der Waals surface area (Å²) >= 11 is 0. The van der Waals surface area contributed by atoms with E-state index in [-0.39, 0.29) is 23.0 Å². The van der Waals surface area contributed by atoms with Crippen LogP contribution in [0.25, 0.3) is 22.0 Å². The highest BCUT2D eigenvalue weighted by Crippen LogP contribution is 2.30. The van der Waals surface area contributed by atoms with Gasteiger partial charge in [-0.3, -0.25) is 14.2 Å². The van der Waals surface area contributed by atoms with Crippen LogP contribution in [0.5, 0.6) is 0 Å². The Hall–Kier alpha value is -4.53. The summed E-state index contributed by atoms with van der Waals surface area (Å²) in [6.45, 7) is 3.26. The molecular formula is C28H25N5O4. The number of aromatic amines is 1. The SMILES string of the molecule is Cc1cc(C(=O)c2cc(N3CCC(c4cc5ccccc5[nH]c4=O)CC3)ncn2)cc2oc(=O)n(C)c12. The van der Waals surface area contributed by atoms with Crippen LogP contribution in [-0.4, -0.2) is 38.4 Å². The van der Waals surface area contributed by atoms with Crippen molar-refractivity contribution < 1.29 is 9.21 Å². The molecule has 1 N–H and O–H groups in total. The van der Waals surface area contributed by atoms with Crippen molar-refractivity contribution >= 4 is 33.6 Å². The Morgan fingerprint density at radius 1 is 1.05 bits per heavy atom. The number of nitrogens with zero attached hydrogens (tertiary/aromatic N) is 4. The molecule has 0 atom stereocenters. The molecule has 9 nitrogen and oxygen atoms in total. The summed E-state index contributed by atoms with van der Waals surface area (Å²) in [5.41, 5.74) is 4.11. The Morgan fingerprint density at radius 3 is 2.65 bits per heavy atom. The maximum absolute atomic E-state index is 13.3. The Bertz CT molecular complexity index is 1790. The Morgan fingerprint density at radius 2 is 1.84 bits per heavy atom. The maximum atomic E-state index is 13.3. The minimum Gasteiger partial charge on any atom is -0.408 e. The number of piperidine rings is 1. The highest BCUT2D eigenvalue weighted by Gasteiger charge is 2.25. The number of fused-ring (bicyclic) bond motifs is 2. The van der Waals surface area contributed by atoms with Crippen LogP contribution in [0.3, 0.4) is 0 Å². The van der Waals surface area contributed by atoms with Crippen LogP contribution in [-0.2, 0) is 7.05 Å². The fourth-order valence-electron chi connectivity index (χ4n) is 5.32. The van der Waals surface area contributed by atoms with Gasteiger partial charge in [0.15, 0.2) is 5.58 Å². The van der Waals surface area contributed by atoms with E-state index in [1.807, 2.05) is 37.3 Å². The summed E-state index contributed by atoms with van der Waals surface area (Å²) in [5.74, 6) is 0.0925. The molecule has 3 aromatic heterocycles. The van der Waals surface area contributed by atoms with Gasteiger partial charge < -0.3 is 14.3 Å². The normalized spacial score (nSPS) is 14.5. The molecule has 0 unspecified atom stereocenters. The number of rotatable bonds is 4. The lowest BCUT2D eigenvalue weighted by Gasteiger charge is -2.32. The van der Waals surface area contributed by atoms with Gasteiger partial charge in [-0.2, -0.15) is 0 Å². The van der Waals surface area contributed by atoms with Crippen LogP contribution >= 0.6 is 0 Å². The minimum absolute atomic E-state index is 0.0337. The molecule has 0 spiro atoms. The van der Waals surface area contributed by atoms with Gasteiger partial charge in [0.25, 0.3) is 5.56 Å².